The van der Waals surface area contributed by atoms with Gasteiger partial charge in [0.15, 0.2) is 0 Å². The van der Waals surface area contributed by atoms with Crippen molar-refractivity contribution in [2.24, 2.45) is 0 Å². The molecule has 0 spiro atoms. The van der Waals surface area contributed by atoms with E-state index in [1.165, 1.54) is 5.69 Å². The molecule has 2 heteroatoms. The molecule has 1 aromatic carbocycles. The van der Waals surface area contributed by atoms with Gasteiger partial charge < -0.3 is 4.90 Å². The molecule has 13 heavy (non-hydrogen) atoms. The van der Waals surface area contributed by atoms with Crippen molar-refractivity contribution in [1.29, 1.82) is 5.26 Å². The number of nitriles is 1. The Balaban J connectivity index is 2.12. The highest BCUT2D eigenvalue weighted by molar-refractivity contribution is 5.52. The number of rotatable bonds is 1. The highest BCUT2D eigenvalue weighted by atomic mass is 15.1. The zero-order valence-corrected chi connectivity index (χ0v) is 7.27. The van der Waals surface area contributed by atoms with E-state index in [0.29, 0.717) is 0 Å². The van der Waals surface area contributed by atoms with Crippen molar-refractivity contribution in [2.45, 2.75) is 0 Å². The average molecular weight is 170 g/mol. The molecule has 1 aliphatic rings. The summed E-state index contributed by atoms with van der Waals surface area (Å²) in [4.78, 5) is 2.18. The molecule has 2 rings (SSSR count). The molecule has 1 aromatic rings. The van der Waals surface area contributed by atoms with Crippen LogP contribution in [0.25, 0.3) is 0 Å². The van der Waals surface area contributed by atoms with E-state index < -0.39 is 0 Å². The molecule has 0 fully saturated rings. The van der Waals surface area contributed by atoms with Crippen molar-refractivity contribution in [3.05, 3.63) is 42.0 Å². The molecule has 0 N–H and O–H groups in total. The molecule has 1 aliphatic heterocycles. The molecular weight excluding hydrogens is 160 g/mol. The van der Waals surface area contributed by atoms with Gasteiger partial charge in [0.2, 0.25) is 0 Å². The molecule has 0 saturated heterocycles. The summed E-state index contributed by atoms with van der Waals surface area (Å²) < 4.78 is 0. The molecule has 0 atom stereocenters. The third-order valence-corrected chi connectivity index (χ3v) is 2.18. The first-order valence-corrected chi connectivity index (χ1v) is 4.29. The molecule has 0 aliphatic carbocycles. The highest BCUT2D eigenvalue weighted by Crippen LogP contribution is 2.18. The van der Waals surface area contributed by atoms with Gasteiger partial charge in [-0.05, 0) is 18.2 Å². The van der Waals surface area contributed by atoms with Gasteiger partial charge in [0.1, 0.15) is 0 Å². The van der Waals surface area contributed by atoms with Crippen molar-refractivity contribution >= 4 is 5.69 Å². The van der Waals surface area contributed by atoms with Crippen molar-refractivity contribution < 1.29 is 0 Å². The van der Waals surface area contributed by atoms with E-state index in [1.807, 2.05) is 24.3 Å². The maximum Gasteiger partial charge on any atom is 0.0963 e. The largest absolute Gasteiger partial charge is 0.363 e. The Bertz CT molecular complexity index is 359. The Labute approximate surface area is 77.7 Å². The van der Waals surface area contributed by atoms with Crippen LogP contribution in [-0.2, 0) is 0 Å². The van der Waals surface area contributed by atoms with Crippen LogP contribution >= 0.6 is 0 Å². The Hall–Kier alpha value is -1.75. The van der Waals surface area contributed by atoms with Gasteiger partial charge >= 0.3 is 0 Å². The first-order chi connectivity index (χ1) is 6.40. The first kappa shape index (κ1) is 7.88. The molecule has 2 nitrogen and oxygen atoms in total. The summed E-state index contributed by atoms with van der Waals surface area (Å²) in [5.74, 6) is 0. The third-order valence-electron chi connectivity index (χ3n) is 2.18. The summed E-state index contributed by atoms with van der Waals surface area (Å²) in [7, 11) is 0. The number of para-hydroxylation sites is 1. The second-order valence-electron chi connectivity index (χ2n) is 3.06. The summed E-state index contributed by atoms with van der Waals surface area (Å²) >= 11 is 0. The van der Waals surface area contributed by atoms with Gasteiger partial charge in [0.05, 0.1) is 12.6 Å². The lowest BCUT2D eigenvalue weighted by Crippen LogP contribution is -2.19. The van der Waals surface area contributed by atoms with Gasteiger partial charge in [-0.25, -0.2) is 0 Å². The van der Waals surface area contributed by atoms with E-state index >= 15 is 0 Å². The van der Waals surface area contributed by atoms with E-state index in [-0.39, 0.29) is 0 Å². The molecule has 0 amide bonds. The van der Waals surface area contributed by atoms with Crippen LogP contribution in [0.1, 0.15) is 0 Å². The van der Waals surface area contributed by atoms with E-state index in [0.717, 1.165) is 18.7 Å². The van der Waals surface area contributed by atoms with Gasteiger partial charge in [-0.3, -0.25) is 0 Å². The van der Waals surface area contributed by atoms with Crippen LogP contribution < -0.4 is 4.90 Å². The fraction of sp³-hybridized carbons (Fsp3) is 0.182. The Morgan fingerprint density at radius 1 is 1.23 bits per heavy atom. The lowest BCUT2D eigenvalue weighted by Gasteiger charge is -2.17. The van der Waals surface area contributed by atoms with E-state index in [2.05, 4.69) is 23.1 Å². The second kappa shape index (κ2) is 3.32. The second-order valence-corrected chi connectivity index (χ2v) is 3.06. The van der Waals surface area contributed by atoms with Crippen molar-refractivity contribution in [3.63, 3.8) is 0 Å². The SMILES string of the molecule is N#CC1=CCN(c2ccccc2)C1. The molecule has 0 saturated carbocycles. The third kappa shape index (κ3) is 1.54. The van der Waals surface area contributed by atoms with Gasteiger partial charge in [-0.2, -0.15) is 5.26 Å². The highest BCUT2D eigenvalue weighted by Gasteiger charge is 2.13. The number of benzene rings is 1. The van der Waals surface area contributed by atoms with E-state index in [4.69, 9.17) is 5.26 Å². The predicted molar refractivity (Wildman–Crippen MR) is 52.4 cm³/mol. The summed E-state index contributed by atoms with van der Waals surface area (Å²) in [6, 6.07) is 12.3. The van der Waals surface area contributed by atoms with Gasteiger partial charge in [-0.1, -0.05) is 18.2 Å². The minimum atomic E-state index is 0.751. The zero-order valence-electron chi connectivity index (χ0n) is 7.27. The Morgan fingerprint density at radius 2 is 2.00 bits per heavy atom. The molecule has 1 heterocycles. The van der Waals surface area contributed by atoms with Crippen LogP contribution in [0.15, 0.2) is 42.0 Å². The minimum Gasteiger partial charge on any atom is -0.363 e. The topological polar surface area (TPSA) is 27.0 Å². The smallest absolute Gasteiger partial charge is 0.0963 e. The van der Waals surface area contributed by atoms with Crippen molar-refractivity contribution in [3.8, 4) is 6.07 Å². The standard InChI is InChI=1S/C11H10N2/c12-8-10-6-7-13(9-10)11-4-2-1-3-5-11/h1-6H,7,9H2. The summed E-state index contributed by atoms with van der Waals surface area (Å²) in [6.07, 6.45) is 1.98. The maximum atomic E-state index is 8.69. The van der Waals surface area contributed by atoms with E-state index in [1.54, 1.807) is 0 Å². The average Bonchev–Trinajstić information content (AvgIpc) is 2.67. The van der Waals surface area contributed by atoms with Crippen molar-refractivity contribution in [2.75, 3.05) is 18.0 Å². The van der Waals surface area contributed by atoms with Crippen LogP contribution in [-0.4, -0.2) is 13.1 Å². The fourth-order valence-electron chi connectivity index (χ4n) is 1.47. The number of nitrogens with zero attached hydrogens (tertiary/aromatic N) is 2. The molecule has 0 aromatic heterocycles. The number of hydrogen-bond donors (Lipinski definition) is 0. The molecular formula is C11H10N2. The summed E-state index contributed by atoms with van der Waals surface area (Å²) in [5, 5.41) is 8.69. The minimum absolute atomic E-state index is 0.751. The van der Waals surface area contributed by atoms with Crippen molar-refractivity contribution in [1.82, 2.24) is 0 Å². The normalized spacial score (nSPS) is 15.3. The summed E-state index contributed by atoms with van der Waals surface area (Å²) in [5.41, 5.74) is 2.05. The summed E-state index contributed by atoms with van der Waals surface area (Å²) in [6.45, 7) is 1.60. The van der Waals surface area contributed by atoms with Crippen LogP contribution in [0.4, 0.5) is 5.69 Å². The molecule has 64 valence electrons. The number of hydrogen-bond acceptors (Lipinski definition) is 2. The van der Waals surface area contributed by atoms with Gasteiger partial charge in [0.25, 0.3) is 0 Å². The molecule has 0 bridgehead atoms. The predicted octanol–water partition coefficient (Wildman–Crippen LogP) is 1.96. The van der Waals surface area contributed by atoms with Crippen LogP contribution in [0.5, 0.6) is 0 Å². The quantitative estimate of drug-likeness (QED) is 0.644. The maximum absolute atomic E-state index is 8.69. The fourth-order valence-corrected chi connectivity index (χ4v) is 1.47. The Kier molecular flexibility index (Phi) is 2.01. The van der Waals surface area contributed by atoms with Gasteiger partial charge in [-0.15, -0.1) is 0 Å². The monoisotopic (exact) mass is 170 g/mol. The first-order valence-electron chi connectivity index (χ1n) is 4.29. The van der Waals surface area contributed by atoms with Crippen LogP contribution in [0.3, 0.4) is 0 Å². The Morgan fingerprint density at radius 3 is 2.62 bits per heavy atom. The zero-order chi connectivity index (χ0) is 9.10. The number of anilines is 1. The lowest BCUT2D eigenvalue weighted by atomic mass is 10.3. The van der Waals surface area contributed by atoms with E-state index in [9.17, 15) is 0 Å². The van der Waals surface area contributed by atoms with Crippen LogP contribution in [0.2, 0.25) is 0 Å². The molecule has 0 radical (unpaired) electrons. The van der Waals surface area contributed by atoms with Gasteiger partial charge in [0, 0.05) is 17.8 Å². The lowest BCUT2D eigenvalue weighted by molar-refractivity contribution is 0.996. The molecule has 0 unspecified atom stereocenters. The van der Waals surface area contributed by atoms with Crippen LogP contribution in [0, 0.1) is 11.3 Å².